The average molecular weight is 347 g/mol. The first-order chi connectivity index (χ1) is 11.6. The molecule has 0 aromatic heterocycles. The van der Waals surface area contributed by atoms with Gasteiger partial charge in [0.15, 0.2) is 5.78 Å². The highest BCUT2D eigenvalue weighted by Gasteiger charge is 2.14. The van der Waals surface area contributed by atoms with Crippen LogP contribution in [0.1, 0.15) is 35.7 Å². The van der Waals surface area contributed by atoms with E-state index in [4.69, 9.17) is 21.1 Å². The van der Waals surface area contributed by atoms with Crippen molar-refractivity contribution in [1.82, 2.24) is 0 Å². The van der Waals surface area contributed by atoms with E-state index >= 15 is 0 Å². The zero-order valence-corrected chi connectivity index (χ0v) is 14.2. The highest BCUT2D eigenvalue weighted by Crippen LogP contribution is 2.22. The third kappa shape index (κ3) is 5.10. The Hall–Kier alpha value is -2.33. The first-order valence-corrected chi connectivity index (χ1v) is 8.17. The van der Waals surface area contributed by atoms with Gasteiger partial charge in [-0.25, -0.2) is 0 Å². The smallest absolute Gasteiger partial charge is 0.305 e. The van der Waals surface area contributed by atoms with Crippen molar-refractivity contribution >= 4 is 23.4 Å². The van der Waals surface area contributed by atoms with E-state index in [1.165, 1.54) is 0 Å². The molecule has 2 aromatic carbocycles. The van der Waals surface area contributed by atoms with Crippen molar-refractivity contribution in [2.45, 2.75) is 19.8 Å². The Labute approximate surface area is 146 Å². The Morgan fingerprint density at radius 1 is 1.04 bits per heavy atom. The third-order valence-corrected chi connectivity index (χ3v) is 3.58. The lowest BCUT2D eigenvalue weighted by molar-refractivity contribution is -0.143. The predicted octanol–water partition coefficient (Wildman–Crippen LogP) is 4.29. The minimum atomic E-state index is -0.244. The Morgan fingerprint density at radius 3 is 2.46 bits per heavy atom. The van der Waals surface area contributed by atoms with Crippen LogP contribution in [0.5, 0.6) is 5.75 Å². The maximum Gasteiger partial charge on any atom is 0.305 e. The summed E-state index contributed by atoms with van der Waals surface area (Å²) in [6.07, 6.45) is 0.823. The molecule has 0 radical (unpaired) electrons. The second-order valence-corrected chi connectivity index (χ2v) is 5.53. The lowest BCUT2D eigenvalue weighted by Gasteiger charge is -2.11. The lowest BCUT2D eigenvalue weighted by atomic mass is 10.0. The summed E-state index contributed by atoms with van der Waals surface area (Å²) in [5.74, 6) is 0.126. The molecular weight excluding hydrogens is 328 g/mol. The summed E-state index contributed by atoms with van der Waals surface area (Å²) in [7, 11) is 0. The van der Waals surface area contributed by atoms with E-state index in [1.807, 2.05) is 0 Å². The highest BCUT2D eigenvalue weighted by atomic mass is 35.5. The lowest BCUT2D eigenvalue weighted by Crippen LogP contribution is -2.09. The first-order valence-electron chi connectivity index (χ1n) is 7.79. The van der Waals surface area contributed by atoms with Gasteiger partial charge in [-0.2, -0.15) is 0 Å². The minimum absolute atomic E-state index is 0.132. The predicted molar refractivity (Wildman–Crippen MR) is 92.7 cm³/mol. The van der Waals surface area contributed by atoms with Gasteiger partial charge in [-0.3, -0.25) is 9.59 Å². The number of hydrogen-bond acceptors (Lipinski definition) is 4. The maximum atomic E-state index is 12.6. The molecule has 5 heteroatoms. The number of benzene rings is 2. The number of halogens is 1. The molecule has 0 aliphatic carbocycles. The second kappa shape index (κ2) is 9.08. The largest absolute Gasteiger partial charge is 0.493 e. The van der Waals surface area contributed by atoms with Gasteiger partial charge in [0.1, 0.15) is 5.75 Å². The van der Waals surface area contributed by atoms with E-state index < -0.39 is 0 Å². The van der Waals surface area contributed by atoms with Gasteiger partial charge in [0, 0.05) is 17.0 Å². The molecule has 0 aliphatic rings. The van der Waals surface area contributed by atoms with Crippen LogP contribution in [-0.2, 0) is 9.53 Å². The summed E-state index contributed by atoms with van der Waals surface area (Å²) >= 11 is 5.85. The van der Waals surface area contributed by atoms with Crippen molar-refractivity contribution in [2.75, 3.05) is 13.2 Å². The van der Waals surface area contributed by atoms with Crippen LogP contribution < -0.4 is 4.74 Å². The van der Waals surface area contributed by atoms with Crippen LogP contribution in [0.25, 0.3) is 0 Å². The van der Waals surface area contributed by atoms with Crippen molar-refractivity contribution < 1.29 is 19.1 Å². The molecule has 24 heavy (non-hydrogen) atoms. The molecule has 0 N–H and O–H groups in total. The van der Waals surface area contributed by atoms with Crippen LogP contribution in [0, 0.1) is 0 Å². The minimum Gasteiger partial charge on any atom is -0.493 e. The number of hydrogen-bond donors (Lipinski definition) is 0. The topological polar surface area (TPSA) is 52.6 Å². The molecule has 2 rings (SSSR count). The number of para-hydroxylation sites is 1. The zero-order chi connectivity index (χ0) is 17.4. The Morgan fingerprint density at radius 2 is 1.75 bits per heavy atom. The van der Waals surface area contributed by atoms with Crippen molar-refractivity contribution in [1.29, 1.82) is 0 Å². The standard InChI is InChI=1S/C19H19ClO4/c1-2-23-18(21)8-5-13-24-17-7-4-3-6-16(17)19(22)14-9-11-15(20)12-10-14/h3-4,6-7,9-12H,2,5,8,13H2,1H3. The van der Waals surface area contributed by atoms with Crippen LogP contribution in [0.15, 0.2) is 48.5 Å². The Balaban J connectivity index is 2.00. The van der Waals surface area contributed by atoms with Crippen LogP contribution in [0.2, 0.25) is 5.02 Å². The third-order valence-electron chi connectivity index (χ3n) is 3.33. The molecule has 4 nitrogen and oxygen atoms in total. The highest BCUT2D eigenvalue weighted by molar-refractivity contribution is 6.30. The molecule has 0 heterocycles. The first kappa shape index (κ1) is 18.0. The van der Waals surface area contributed by atoms with Gasteiger partial charge in [-0.05, 0) is 49.7 Å². The van der Waals surface area contributed by atoms with Gasteiger partial charge in [0.25, 0.3) is 0 Å². The molecule has 0 unspecified atom stereocenters. The van der Waals surface area contributed by atoms with Gasteiger partial charge in [-0.15, -0.1) is 0 Å². The number of rotatable bonds is 8. The fourth-order valence-corrected chi connectivity index (χ4v) is 2.29. The fourth-order valence-electron chi connectivity index (χ4n) is 2.17. The van der Waals surface area contributed by atoms with Gasteiger partial charge < -0.3 is 9.47 Å². The van der Waals surface area contributed by atoms with E-state index in [0.29, 0.717) is 48.0 Å². The number of ketones is 1. The SMILES string of the molecule is CCOC(=O)CCCOc1ccccc1C(=O)c1ccc(Cl)cc1. The van der Waals surface area contributed by atoms with Gasteiger partial charge >= 0.3 is 5.97 Å². The summed E-state index contributed by atoms with van der Waals surface area (Å²) in [6.45, 7) is 2.48. The van der Waals surface area contributed by atoms with Gasteiger partial charge in [-0.1, -0.05) is 23.7 Å². The average Bonchev–Trinajstić information content (AvgIpc) is 2.59. The van der Waals surface area contributed by atoms with E-state index in [1.54, 1.807) is 55.5 Å². The van der Waals surface area contributed by atoms with Crippen molar-refractivity contribution in [3.63, 3.8) is 0 Å². The molecule has 0 amide bonds. The maximum absolute atomic E-state index is 12.6. The van der Waals surface area contributed by atoms with Crippen molar-refractivity contribution in [2.24, 2.45) is 0 Å². The van der Waals surface area contributed by atoms with Gasteiger partial charge in [0.2, 0.25) is 0 Å². The van der Waals surface area contributed by atoms with Crippen LogP contribution in [0.3, 0.4) is 0 Å². The van der Waals surface area contributed by atoms with Crippen molar-refractivity contribution in [3.8, 4) is 5.75 Å². The molecular formula is C19H19ClO4. The molecule has 0 atom stereocenters. The van der Waals surface area contributed by atoms with Crippen LogP contribution in [-0.4, -0.2) is 25.0 Å². The van der Waals surface area contributed by atoms with E-state index in [0.717, 1.165) is 0 Å². The fraction of sp³-hybridized carbons (Fsp3) is 0.263. The summed E-state index contributed by atoms with van der Waals surface area (Å²) in [6, 6.07) is 13.8. The van der Waals surface area contributed by atoms with E-state index in [-0.39, 0.29) is 11.8 Å². The molecule has 0 aliphatic heterocycles. The molecule has 2 aromatic rings. The van der Waals surface area contributed by atoms with Crippen molar-refractivity contribution in [3.05, 3.63) is 64.7 Å². The van der Waals surface area contributed by atoms with Crippen LogP contribution >= 0.6 is 11.6 Å². The molecule has 126 valence electrons. The monoisotopic (exact) mass is 346 g/mol. The number of carbonyl (C=O) groups is 2. The van der Waals surface area contributed by atoms with E-state index in [9.17, 15) is 9.59 Å². The van der Waals surface area contributed by atoms with E-state index in [2.05, 4.69) is 0 Å². The molecule has 0 bridgehead atoms. The number of ether oxygens (including phenoxy) is 2. The molecule has 0 saturated carbocycles. The summed E-state index contributed by atoms with van der Waals surface area (Å²) in [5, 5.41) is 0.579. The number of carbonyl (C=O) groups excluding carboxylic acids is 2. The zero-order valence-electron chi connectivity index (χ0n) is 13.5. The normalized spacial score (nSPS) is 10.2. The van der Waals surface area contributed by atoms with Crippen LogP contribution in [0.4, 0.5) is 0 Å². The summed E-state index contributed by atoms with van der Waals surface area (Å²) < 4.78 is 10.5. The quantitative estimate of drug-likeness (QED) is 0.406. The molecule has 0 spiro atoms. The molecule has 0 fully saturated rings. The number of esters is 1. The summed E-state index contributed by atoms with van der Waals surface area (Å²) in [5.41, 5.74) is 1.03. The second-order valence-electron chi connectivity index (χ2n) is 5.09. The molecule has 0 saturated heterocycles. The van der Waals surface area contributed by atoms with Gasteiger partial charge in [0.05, 0.1) is 18.8 Å². The summed E-state index contributed by atoms with van der Waals surface area (Å²) in [4.78, 5) is 23.9. The Kier molecular flexibility index (Phi) is 6.82. The Bertz CT molecular complexity index is 695.